The van der Waals surface area contributed by atoms with Gasteiger partial charge in [0.25, 0.3) is 0 Å². The Morgan fingerprint density at radius 1 is 1.12 bits per heavy atom. The van der Waals surface area contributed by atoms with Crippen LogP contribution in [-0.2, 0) is 5.54 Å². The van der Waals surface area contributed by atoms with Crippen LogP contribution in [0.1, 0.15) is 45.1 Å². The molecule has 1 aliphatic carbocycles. The van der Waals surface area contributed by atoms with Gasteiger partial charge in [-0.2, -0.15) is 4.57 Å². The average molecular weight is 226 g/mol. The Balaban J connectivity index is 2.29. The van der Waals surface area contributed by atoms with E-state index in [-0.39, 0.29) is 5.54 Å². The summed E-state index contributed by atoms with van der Waals surface area (Å²) in [5, 5.41) is 1.37. The molecule has 17 heavy (non-hydrogen) atoms. The summed E-state index contributed by atoms with van der Waals surface area (Å²) in [6, 6.07) is 11.1. The summed E-state index contributed by atoms with van der Waals surface area (Å²) in [5.74, 6) is 0.813. The maximum atomic E-state index is 2.43. The molecule has 1 nitrogen and oxygen atoms in total. The van der Waals surface area contributed by atoms with Gasteiger partial charge in [-0.05, 0) is 30.9 Å². The van der Waals surface area contributed by atoms with E-state index >= 15 is 0 Å². The molecule has 0 unspecified atom stereocenters. The molecule has 1 aliphatic rings. The fraction of sp³-hybridized carbons (Fsp3) is 0.438. The number of benzene rings is 1. The molecule has 1 saturated carbocycles. The van der Waals surface area contributed by atoms with Crippen molar-refractivity contribution >= 4 is 10.9 Å². The van der Waals surface area contributed by atoms with Gasteiger partial charge in [-0.15, -0.1) is 0 Å². The van der Waals surface area contributed by atoms with E-state index in [1.165, 1.54) is 29.3 Å². The number of fused-ring (bicyclic) bond motifs is 1. The Hall–Kier alpha value is -1.37. The van der Waals surface area contributed by atoms with Crippen molar-refractivity contribution in [3.8, 4) is 0 Å². The molecule has 1 fully saturated rings. The van der Waals surface area contributed by atoms with Gasteiger partial charge in [-0.3, -0.25) is 0 Å². The van der Waals surface area contributed by atoms with E-state index in [2.05, 4.69) is 61.9 Å². The van der Waals surface area contributed by atoms with E-state index in [0.717, 1.165) is 5.92 Å². The molecular weight excluding hydrogens is 206 g/mol. The summed E-state index contributed by atoms with van der Waals surface area (Å²) < 4.78 is 2.43. The van der Waals surface area contributed by atoms with Gasteiger partial charge in [-0.1, -0.05) is 12.1 Å². The standard InChI is InChI=1S/C16H20N/c1-16(2,3)17-11-14(12-8-9-12)10-13-6-4-5-7-15(13)17/h4-7,10-12H,8-9H2,1-3H3/q+1. The van der Waals surface area contributed by atoms with Crippen molar-refractivity contribution in [3.63, 3.8) is 0 Å². The summed E-state index contributed by atoms with van der Waals surface area (Å²) in [6.07, 6.45) is 5.09. The van der Waals surface area contributed by atoms with Gasteiger partial charge in [-0.25, -0.2) is 0 Å². The second-order valence-electron chi connectivity index (χ2n) is 6.15. The van der Waals surface area contributed by atoms with Crippen molar-refractivity contribution in [2.24, 2.45) is 0 Å². The molecule has 0 aliphatic heterocycles. The normalized spacial score (nSPS) is 16.4. The number of hydrogen-bond acceptors (Lipinski definition) is 0. The Morgan fingerprint density at radius 3 is 2.47 bits per heavy atom. The van der Waals surface area contributed by atoms with Crippen molar-refractivity contribution in [1.29, 1.82) is 0 Å². The fourth-order valence-electron chi connectivity index (χ4n) is 2.46. The van der Waals surface area contributed by atoms with Crippen LogP contribution in [0.2, 0.25) is 0 Å². The molecule has 1 heteroatoms. The summed E-state index contributed by atoms with van der Waals surface area (Å²) >= 11 is 0. The molecule has 0 radical (unpaired) electrons. The summed E-state index contributed by atoms with van der Waals surface area (Å²) in [4.78, 5) is 0. The molecule has 1 aromatic carbocycles. The number of aromatic nitrogens is 1. The number of hydrogen-bond donors (Lipinski definition) is 0. The van der Waals surface area contributed by atoms with Crippen molar-refractivity contribution < 1.29 is 4.57 Å². The maximum absolute atomic E-state index is 2.43. The maximum Gasteiger partial charge on any atom is 0.212 e. The first kappa shape index (κ1) is 10.8. The summed E-state index contributed by atoms with van der Waals surface area (Å²) in [5.41, 5.74) is 2.99. The van der Waals surface area contributed by atoms with E-state index in [1.54, 1.807) is 0 Å². The van der Waals surface area contributed by atoms with Crippen LogP contribution in [0.3, 0.4) is 0 Å². The number of para-hydroxylation sites is 1. The van der Waals surface area contributed by atoms with E-state index < -0.39 is 0 Å². The third-order valence-electron chi connectivity index (χ3n) is 3.57. The van der Waals surface area contributed by atoms with Crippen molar-refractivity contribution in [1.82, 2.24) is 0 Å². The van der Waals surface area contributed by atoms with Gasteiger partial charge < -0.3 is 0 Å². The van der Waals surface area contributed by atoms with E-state index in [4.69, 9.17) is 0 Å². The van der Waals surface area contributed by atoms with Crippen LogP contribution in [0.4, 0.5) is 0 Å². The van der Waals surface area contributed by atoms with Crippen LogP contribution < -0.4 is 4.57 Å². The third kappa shape index (κ3) is 1.95. The molecule has 1 aromatic heterocycles. The van der Waals surface area contributed by atoms with Gasteiger partial charge in [0.1, 0.15) is 0 Å². The topological polar surface area (TPSA) is 3.88 Å². The first-order chi connectivity index (χ1) is 8.05. The molecule has 0 N–H and O–H groups in total. The second kappa shape index (κ2) is 3.56. The van der Waals surface area contributed by atoms with Crippen molar-refractivity contribution in [2.75, 3.05) is 0 Å². The highest BCUT2D eigenvalue weighted by atomic mass is 15.0. The summed E-state index contributed by atoms with van der Waals surface area (Å²) in [7, 11) is 0. The predicted octanol–water partition coefficient (Wildman–Crippen LogP) is 3.76. The molecule has 1 heterocycles. The van der Waals surface area contributed by atoms with E-state index in [0.29, 0.717) is 0 Å². The first-order valence-corrected chi connectivity index (χ1v) is 6.50. The molecule has 0 saturated heterocycles. The highest BCUT2D eigenvalue weighted by molar-refractivity contribution is 5.76. The highest BCUT2D eigenvalue weighted by Gasteiger charge is 2.30. The molecule has 0 bridgehead atoms. The molecule has 3 rings (SSSR count). The Morgan fingerprint density at radius 2 is 1.82 bits per heavy atom. The zero-order chi connectivity index (χ0) is 12.0. The smallest absolute Gasteiger partial charge is 0.194 e. The average Bonchev–Trinajstić information content (AvgIpc) is 3.10. The zero-order valence-corrected chi connectivity index (χ0v) is 10.9. The van der Waals surface area contributed by atoms with Crippen LogP contribution >= 0.6 is 0 Å². The fourth-order valence-corrected chi connectivity index (χ4v) is 2.46. The largest absolute Gasteiger partial charge is 0.212 e. The minimum absolute atomic E-state index is 0.143. The van der Waals surface area contributed by atoms with E-state index in [1.807, 2.05) is 0 Å². The van der Waals surface area contributed by atoms with Crippen LogP contribution in [0.25, 0.3) is 10.9 Å². The van der Waals surface area contributed by atoms with Crippen LogP contribution in [0.5, 0.6) is 0 Å². The first-order valence-electron chi connectivity index (χ1n) is 6.50. The van der Waals surface area contributed by atoms with Gasteiger partial charge >= 0.3 is 0 Å². The SMILES string of the molecule is CC(C)(C)[n+]1cc(C2CC2)cc2ccccc21. The van der Waals surface area contributed by atoms with Crippen molar-refractivity contribution in [2.45, 2.75) is 45.1 Å². The van der Waals surface area contributed by atoms with Crippen LogP contribution in [0.15, 0.2) is 36.5 Å². The Labute approximate surface area is 103 Å². The number of rotatable bonds is 1. The lowest BCUT2D eigenvalue weighted by Gasteiger charge is -2.16. The molecule has 88 valence electrons. The zero-order valence-electron chi connectivity index (χ0n) is 10.9. The lowest BCUT2D eigenvalue weighted by molar-refractivity contribution is -0.731. The van der Waals surface area contributed by atoms with Crippen molar-refractivity contribution in [3.05, 3.63) is 42.1 Å². The molecule has 0 spiro atoms. The molecule has 0 amide bonds. The van der Waals surface area contributed by atoms with Crippen LogP contribution in [-0.4, -0.2) is 0 Å². The predicted molar refractivity (Wildman–Crippen MR) is 71.1 cm³/mol. The molecule has 0 atom stereocenters. The van der Waals surface area contributed by atoms with Crippen LogP contribution in [0, 0.1) is 0 Å². The Bertz CT molecular complexity index is 559. The lowest BCUT2D eigenvalue weighted by atomic mass is 10.0. The lowest BCUT2D eigenvalue weighted by Crippen LogP contribution is -2.50. The van der Waals surface area contributed by atoms with Gasteiger partial charge in [0.05, 0.1) is 0 Å². The third-order valence-corrected chi connectivity index (χ3v) is 3.57. The molecular formula is C16H20N+. The summed E-state index contributed by atoms with van der Waals surface area (Å²) in [6.45, 7) is 6.82. The monoisotopic (exact) mass is 226 g/mol. The second-order valence-corrected chi connectivity index (χ2v) is 6.15. The van der Waals surface area contributed by atoms with E-state index in [9.17, 15) is 0 Å². The number of nitrogens with zero attached hydrogens (tertiary/aromatic N) is 1. The minimum Gasteiger partial charge on any atom is -0.194 e. The Kier molecular flexibility index (Phi) is 2.25. The molecule has 2 aromatic rings. The highest BCUT2D eigenvalue weighted by Crippen LogP contribution is 2.40. The van der Waals surface area contributed by atoms with Gasteiger partial charge in [0.2, 0.25) is 5.52 Å². The quantitative estimate of drug-likeness (QED) is 0.652. The minimum atomic E-state index is 0.143. The number of pyridine rings is 1. The van der Waals surface area contributed by atoms with Gasteiger partial charge in [0, 0.05) is 37.8 Å². The van der Waals surface area contributed by atoms with Gasteiger partial charge in [0.15, 0.2) is 11.7 Å².